The van der Waals surface area contributed by atoms with Gasteiger partial charge in [0.1, 0.15) is 29.4 Å². The number of ether oxygens (including phenoxy) is 3. The van der Waals surface area contributed by atoms with E-state index in [4.69, 9.17) is 14.2 Å². The zero-order valence-electron chi connectivity index (χ0n) is 15.4. The van der Waals surface area contributed by atoms with Gasteiger partial charge in [-0.05, 0) is 49.7 Å². The van der Waals surface area contributed by atoms with E-state index in [2.05, 4.69) is 5.32 Å². The zero-order chi connectivity index (χ0) is 19.6. The summed E-state index contributed by atoms with van der Waals surface area (Å²) in [5.41, 5.74) is 0.585. The summed E-state index contributed by atoms with van der Waals surface area (Å²) >= 11 is 0. The number of aryl methyl sites for hydroxylation is 1. The van der Waals surface area contributed by atoms with Gasteiger partial charge in [0, 0.05) is 0 Å². The molecular weight excluding hydrogens is 350 g/mol. The monoisotopic (exact) mass is 373 g/mol. The van der Waals surface area contributed by atoms with Crippen molar-refractivity contribution in [2.45, 2.75) is 13.8 Å². The Hall–Kier alpha value is -3.22. The number of esters is 1. The second-order valence-corrected chi connectivity index (χ2v) is 5.65. The van der Waals surface area contributed by atoms with Gasteiger partial charge < -0.3 is 24.6 Å². The zero-order valence-corrected chi connectivity index (χ0v) is 15.4. The lowest BCUT2D eigenvalue weighted by Gasteiger charge is -2.10. The lowest BCUT2D eigenvalue weighted by molar-refractivity contribution is -0.124. The first-order valence-corrected chi connectivity index (χ1v) is 8.59. The molecule has 0 aliphatic heterocycles. The van der Waals surface area contributed by atoms with Gasteiger partial charge in [0.15, 0.2) is 6.61 Å². The molecule has 0 saturated carbocycles. The third-order valence-corrected chi connectivity index (χ3v) is 3.62. The average Bonchev–Trinajstić information content (AvgIpc) is 2.67. The molecule has 0 aliphatic rings. The van der Waals surface area contributed by atoms with Crippen LogP contribution in [0.5, 0.6) is 17.2 Å². The van der Waals surface area contributed by atoms with Gasteiger partial charge in [0.2, 0.25) is 0 Å². The fourth-order valence-electron chi connectivity index (χ4n) is 2.24. The van der Waals surface area contributed by atoms with E-state index in [-0.39, 0.29) is 24.5 Å². The van der Waals surface area contributed by atoms with Gasteiger partial charge in [-0.15, -0.1) is 0 Å². The molecule has 0 radical (unpaired) electrons. The highest BCUT2D eigenvalue weighted by Gasteiger charge is 2.15. The maximum Gasteiger partial charge on any atom is 0.342 e. The summed E-state index contributed by atoms with van der Waals surface area (Å²) in [4.78, 5) is 23.6. The summed E-state index contributed by atoms with van der Waals surface area (Å²) in [5, 5.41) is 12.4. The van der Waals surface area contributed by atoms with E-state index < -0.39 is 18.5 Å². The largest absolute Gasteiger partial charge is 0.507 e. The summed E-state index contributed by atoms with van der Waals surface area (Å²) in [6.45, 7) is 4.28. The van der Waals surface area contributed by atoms with Crippen molar-refractivity contribution in [3.63, 3.8) is 0 Å². The van der Waals surface area contributed by atoms with Crippen LogP contribution in [0.15, 0.2) is 42.5 Å². The van der Waals surface area contributed by atoms with E-state index in [0.717, 1.165) is 5.75 Å². The van der Waals surface area contributed by atoms with Crippen LogP contribution in [0.4, 0.5) is 0 Å². The lowest BCUT2D eigenvalue weighted by Crippen LogP contribution is -2.32. The highest BCUT2D eigenvalue weighted by Crippen LogP contribution is 2.22. The van der Waals surface area contributed by atoms with Crippen LogP contribution in [-0.2, 0) is 9.53 Å². The summed E-state index contributed by atoms with van der Waals surface area (Å²) in [6.07, 6.45) is 0. The van der Waals surface area contributed by atoms with Gasteiger partial charge in [0.25, 0.3) is 5.91 Å². The number of carbonyl (C=O) groups is 2. The van der Waals surface area contributed by atoms with Crippen LogP contribution in [0.1, 0.15) is 22.8 Å². The first-order valence-electron chi connectivity index (χ1n) is 8.59. The van der Waals surface area contributed by atoms with Gasteiger partial charge >= 0.3 is 5.97 Å². The predicted molar refractivity (Wildman–Crippen MR) is 99.2 cm³/mol. The molecule has 0 saturated heterocycles. The third kappa shape index (κ3) is 6.22. The Kier molecular flexibility index (Phi) is 7.49. The second kappa shape index (κ2) is 10.1. The van der Waals surface area contributed by atoms with Crippen molar-refractivity contribution >= 4 is 11.9 Å². The molecule has 2 aromatic rings. The fraction of sp³-hybridized carbons (Fsp3) is 0.300. The van der Waals surface area contributed by atoms with E-state index in [0.29, 0.717) is 17.9 Å². The summed E-state index contributed by atoms with van der Waals surface area (Å²) in [7, 11) is 0. The van der Waals surface area contributed by atoms with Crippen LogP contribution in [0.25, 0.3) is 0 Å². The molecule has 0 aliphatic carbocycles. The standard InChI is InChI=1S/C20H23NO6/c1-3-25-15-7-9-16(10-8-15)26-12-11-21-18(22)13-27-20(24)17-6-4-5-14(2)19(17)23/h4-10,23H,3,11-13H2,1-2H3,(H,21,22). The fourth-order valence-corrected chi connectivity index (χ4v) is 2.24. The van der Waals surface area contributed by atoms with E-state index in [1.165, 1.54) is 6.07 Å². The Morgan fingerprint density at radius 1 is 1.04 bits per heavy atom. The molecule has 0 heterocycles. The predicted octanol–water partition coefficient (Wildman–Crippen LogP) is 2.45. The van der Waals surface area contributed by atoms with Gasteiger partial charge in [-0.1, -0.05) is 12.1 Å². The molecule has 1 amide bonds. The molecule has 0 unspecified atom stereocenters. The van der Waals surface area contributed by atoms with Crippen molar-refractivity contribution in [3.8, 4) is 17.2 Å². The number of para-hydroxylation sites is 1. The number of hydrogen-bond donors (Lipinski definition) is 2. The van der Waals surface area contributed by atoms with Crippen LogP contribution in [0.3, 0.4) is 0 Å². The summed E-state index contributed by atoms with van der Waals surface area (Å²) < 4.78 is 15.8. The quantitative estimate of drug-likeness (QED) is 0.518. The van der Waals surface area contributed by atoms with Crippen molar-refractivity contribution < 1.29 is 28.9 Å². The molecule has 2 N–H and O–H groups in total. The number of amides is 1. The number of aromatic hydroxyl groups is 1. The van der Waals surface area contributed by atoms with E-state index in [1.807, 2.05) is 6.92 Å². The number of phenols is 1. The third-order valence-electron chi connectivity index (χ3n) is 3.62. The Morgan fingerprint density at radius 2 is 1.70 bits per heavy atom. The normalized spacial score (nSPS) is 10.1. The van der Waals surface area contributed by atoms with Crippen LogP contribution >= 0.6 is 0 Å². The molecule has 2 aromatic carbocycles. The molecule has 0 bridgehead atoms. The van der Waals surface area contributed by atoms with Gasteiger partial charge in [-0.2, -0.15) is 0 Å². The van der Waals surface area contributed by atoms with Crippen molar-refractivity contribution in [2.75, 3.05) is 26.4 Å². The van der Waals surface area contributed by atoms with Crippen molar-refractivity contribution in [2.24, 2.45) is 0 Å². The van der Waals surface area contributed by atoms with Crippen molar-refractivity contribution in [3.05, 3.63) is 53.6 Å². The maximum absolute atomic E-state index is 11.9. The molecule has 2 rings (SSSR count). The number of rotatable bonds is 9. The minimum Gasteiger partial charge on any atom is -0.507 e. The molecule has 144 valence electrons. The Balaban J connectivity index is 1.67. The smallest absolute Gasteiger partial charge is 0.342 e. The number of carbonyl (C=O) groups excluding carboxylic acids is 2. The van der Waals surface area contributed by atoms with E-state index in [9.17, 15) is 14.7 Å². The molecule has 0 aromatic heterocycles. The highest BCUT2D eigenvalue weighted by atomic mass is 16.5. The Labute approximate surface area is 157 Å². The number of hydrogen-bond acceptors (Lipinski definition) is 6. The van der Waals surface area contributed by atoms with E-state index >= 15 is 0 Å². The Morgan fingerprint density at radius 3 is 2.37 bits per heavy atom. The highest BCUT2D eigenvalue weighted by molar-refractivity contribution is 5.94. The minimum atomic E-state index is -0.753. The molecule has 7 heteroatoms. The van der Waals surface area contributed by atoms with Crippen LogP contribution in [0.2, 0.25) is 0 Å². The lowest BCUT2D eigenvalue weighted by atomic mass is 10.1. The number of phenolic OH excluding ortho intramolecular Hbond substituents is 1. The second-order valence-electron chi connectivity index (χ2n) is 5.65. The molecule has 7 nitrogen and oxygen atoms in total. The molecule has 0 fully saturated rings. The van der Waals surface area contributed by atoms with E-state index in [1.54, 1.807) is 43.3 Å². The van der Waals surface area contributed by atoms with Crippen molar-refractivity contribution in [1.82, 2.24) is 5.32 Å². The Bertz CT molecular complexity index is 773. The SMILES string of the molecule is CCOc1ccc(OCCNC(=O)COC(=O)c2cccc(C)c2O)cc1. The summed E-state index contributed by atoms with van der Waals surface area (Å²) in [6, 6.07) is 11.9. The van der Waals surface area contributed by atoms with Crippen LogP contribution in [-0.4, -0.2) is 43.3 Å². The number of nitrogens with one attached hydrogen (secondary N) is 1. The van der Waals surface area contributed by atoms with Gasteiger partial charge in [-0.3, -0.25) is 4.79 Å². The topological polar surface area (TPSA) is 94.1 Å². The molecular formula is C20H23NO6. The number of benzene rings is 2. The van der Waals surface area contributed by atoms with Crippen LogP contribution in [0, 0.1) is 6.92 Å². The maximum atomic E-state index is 11.9. The molecule has 0 spiro atoms. The van der Waals surface area contributed by atoms with Crippen LogP contribution < -0.4 is 14.8 Å². The minimum absolute atomic E-state index is 0.0293. The molecule has 0 atom stereocenters. The average molecular weight is 373 g/mol. The molecule has 27 heavy (non-hydrogen) atoms. The van der Waals surface area contributed by atoms with Crippen molar-refractivity contribution in [1.29, 1.82) is 0 Å². The first-order chi connectivity index (χ1) is 13.0. The summed E-state index contributed by atoms with van der Waals surface area (Å²) in [5.74, 6) is 0.0723. The van der Waals surface area contributed by atoms with Gasteiger partial charge in [-0.25, -0.2) is 4.79 Å². The first kappa shape index (κ1) is 20.1. The van der Waals surface area contributed by atoms with Gasteiger partial charge in [0.05, 0.1) is 13.2 Å².